The molecule has 0 aliphatic carbocycles. The van der Waals surface area contributed by atoms with Gasteiger partial charge in [0.15, 0.2) is 11.3 Å². The predicted octanol–water partition coefficient (Wildman–Crippen LogP) is 0.00970. The van der Waals surface area contributed by atoms with E-state index in [2.05, 4.69) is 10.1 Å². The largest absolute Gasteiger partial charge is 0.477 e. The molecule has 2 rings (SSSR count). The van der Waals surface area contributed by atoms with Crippen molar-refractivity contribution in [3.63, 3.8) is 0 Å². The summed E-state index contributed by atoms with van der Waals surface area (Å²) in [4.78, 5) is 14.5. The molecular weight excluding hydrogens is 172 g/mol. The number of anilines is 1. The zero-order valence-corrected chi connectivity index (χ0v) is 6.51. The number of nitrogens with two attached hydrogens (primary N) is 1. The number of rotatable bonds is 1. The first-order valence-corrected chi connectivity index (χ1v) is 3.53. The maximum absolute atomic E-state index is 10.7. The number of hydrogen-bond donors (Lipinski definition) is 2. The van der Waals surface area contributed by atoms with Gasteiger partial charge in [-0.1, -0.05) is 6.07 Å². The Balaban J connectivity index is 2.82. The minimum absolute atomic E-state index is 0.0432. The van der Waals surface area contributed by atoms with Crippen molar-refractivity contribution in [1.29, 1.82) is 0 Å². The molecule has 2 aromatic heterocycles. The fourth-order valence-electron chi connectivity index (χ4n) is 1.08. The zero-order valence-electron chi connectivity index (χ0n) is 6.51. The first kappa shape index (κ1) is 7.53. The molecule has 0 saturated heterocycles. The van der Waals surface area contributed by atoms with Crippen LogP contribution >= 0.6 is 0 Å². The number of fused-ring (bicyclic) bond motifs is 1. The molecule has 2 heterocycles. The van der Waals surface area contributed by atoms with Crippen LogP contribution in [0.3, 0.4) is 0 Å². The monoisotopic (exact) mass is 178 g/mol. The number of carbonyl (C=O) groups is 1. The predicted molar refractivity (Wildman–Crippen MR) is 44.4 cm³/mol. The van der Waals surface area contributed by atoms with Crippen LogP contribution in [0.15, 0.2) is 18.2 Å². The normalized spacial score (nSPS) is 10.5. The van der Waals surface area contributed by atoms with Crippen LogP contribution in [0, 0.1) is 0 Å². The third-order valence-electron chi connectivity index (χ3n) is 1.60. The Kier molecular flexibility index (Phi) is 1.42. The second kappa shape index (κ2) is 2.44. The first-order chi connectivity index (χ1) is 6.18. The van der Waals surface area contributed by atoms with Crippen LogP contribution in [0.4, 0.5) is 5.95 Å². The summed E-state index contributed by atoms with van der Waals surface area (Å²) in [5, 5.41) is 12.5. The molecule has 0 unspecified atom stereocenters. The minimum Gasteiger partial charge on any atom is -0.477 e. The average Bonchev–Trinajstić information content (AvgIpc) is 2.43. The van der Waals surface area contributed by atoms with Gasteiger partial charge in [-0.15, -0.1) is 5.10 Å². The molecule has 6 heteroatoms. The van der Waals surface area contributed by atoms with E-state index in [0.717, 1.165) is 0 Å². The average molecular weight is 178 g/mol. The van der Waals surface area contributed by atoms with Crippen molar-refractivity contribution in [3.8, 4) is 0 Å². The molecule has 3 N–H and O–H groups in total. The van der Waals surface area contributed by atoms with E-state index in [-0.39, 0.29) is 11.6 Å². The molecule has 0 fully saturated rings. The van der Waals surface area contributed by atoms with Gasteiger partial charge in [-0.05, 0) is 12.1 Å². The van der Waals surface area contributed by atoms with E-state index >= 15 is 0 Å². The van der Waals surface area contributed by atoms with Crippen LogP contribution in [-0.4, -0.2) is 25.7 Å². The lowest BCUT2D eigenvalue weighted by atomic mass is 10.3. The molecule has 66 valence electrons. The molecule has 0 amide bonds. The molecule has 0 atom stereocenters. The highest BCUT2D eigenvalue weighted by Crippen LogP contribution is 2.06. The highest BCUT2D eigenvalue weighted by atomic mass is 16.4. The minimum atomic E-state index is -1.06. The highest BCUT2D eigenvalue weighted by Gasteiger charge is 2.09. The lowest BCUT2D eigenvalue weighted by Gasteiger charge is -1.95. The molecule has 0 aromatic carbocycles. The van der Waals surface area contributed by atoms with Gasteiger partial charge in [-0.2, -0.15) is 4.98 Å². The van der Waals surface area contributed by atoms with E-state index < -0.39 is 5.97 Å². The van der Waals surface area contributed by atoms with Gasteiger partial charge in [0, 0.05) is 0 Å². The molecule has 0 aliphatic heterocycles. The number of nitrogen functional groups attached to an aromatic ring is 1. The van der Waals surface area contributed by atoms with Crippen molar-refractivity contribution in [2.45, 2.75) is 0 Å². The number of aromatic nitrogens is 3. The number of pyridine rings is 1. The Morgan fingerprint density at radius 2 is 2.31 bits per heavy atom. The summed E-state index contributed by atoms with van der Waals surface area (Å²) in [6, 6.07) is 4.66. The Labute approximate surface area is 72.6 Å². The first-order valence-electron chi connectivity index (χ1n) is 3.53. The maximum atomic E-state index is 10.7. The summed E-state index contributed by atoms with van der Waals surface area (Å²) in [5.74, 6) is -0.996. The van der Waals surface area contributed by atoms with Gasteiger partial charge in [0.05, 0.1) is 0 Å². The van der Waals surface area contributed by atoms with Crippen molar-refractivity contribution < 1.29 is 9.90 Å². The highest BCUT2D eigenvalue weighted by molar-refractivity contribution is 5.86. The second-order valence-electron chi connectivity index (χ2n) is 2.46. The van der Waals surface area contributed by atoms with Gasteiger partial charge in [0.2, 0.25) is 5.95 Å². The smallest absolute Gasteiger partial charge is 0.354 e. The van der Waals surface area contributed by atoms with Gasteiger partial charge in [-0.3, -0.25) is 0 Å². The third-order valence-corrected chi connectivity index (χ3v) is 1.60. The van der Waals surface area contributed by atoms with Gasteiger partial charge >= 0.3 is 5.97 Å². The summed E-state index contributed by atoms with van der Waals surface area (Å²) in [6.45, 7) is 0. The van der Waals surface area contributed by atoms with Gasteiger partial charge in [0.25, 0.3) is 0 Å². The third kappa shape index (κ3) is 1.08. The van der Waals surface area contributed by atoms with E-state index in [9.17, 15) is 4.79 Å². The number of nitrogens with zero attached hydrogens (tertiary/aromatic N) is 3. The summed E-state index contributed by atoms with van der Waals surface area (Å²) in [6.07, 6.45) is 0. The second-order valence-corrected chi connectivity index (χ2v) is 2.46. The molecule has 0 aliphatic rings. The Morgan fingerprint density at radius 1 is 1.54 bits per heavy atom. The summed E-state index contributed by atoms with van der Waals surface area (Å²) in [7, 11) is 0. The number of carboxylic acid groups (broad SMARTS) is 1. The molecule has 2 aromatic rings. The van der Waals surface area contributed by atoms with E-state index in [1.807, 2.05) is 0 Å². The summed E-state index contributed by atoms with van der Waals surface area (Å²) < 4.78 is 1.19. The molecule has 6 nitrogen and oxygen atoms in total. The molecule has 13 heavy (non-hydrogen) atoms. The Hall–Kier alpha value is -2.11. The fourth-order valence-corrected chi connectivity index (χ4v) is 1.08. The molecular formula is C7H6N4O2. The number of aromatic carboxylic acids is 1. The summed E-state index contributed by atoms with van der Waals surface area (Å²) in [5.41, 5.74) is 5.79. The molecule has 0 radical (unpaired) electrons. The van der Waals surface area contributed by atoms with Crippen LogP contribution in [0.1, 0.15) is 10.5 Å². The number of hydrogen-bond acceptors (Lipinski definition) is 4. The van der Waals surface area contributed by atoms with Crippen molar-refractivity contribution in [2.24, 2.45) is 0 Å². The van der Waals surface area contributed by atoms with Crippen LogP contribution in [0.2, 0.25) is 0 Å². The van der Waals surface area contributed by atoms with E-state index in [0.29, 0.717) is 5.65 Å². The van der Waals surface area contributed by atoms with Crippen LogP contribution in [0.5, 0.6) is 0 Å². The lowest BCUT2D eigenvalue weighted by Crippen LogP contribution is -2.05. The van der Waals surface area contributed by atoms with Crippen molar-refractivity contribution >= 4 is 17.6 Å². The SMILES string of the molecule is Nc1nc2cccc(C(=O)O)n2n1. The Bertz CT molecular complexity index is 476. The zero-order chi connectivity index (χ0) is 9.42. The van der Waals surface area contributed by atoms with E-state index in [4.69, 9.17) is 10.8 Å². The topological polar surface area (TPSA) is 93.5 Å². The molecule has 0 bridgehead atoms. The van der Waals surface area contributed by atoms with Crippen molar-refractivity contribution in [3.05, 3.63) is 23.9 Å². The van der Waals surface area contributed by atoms with Crippen molar-refractivity contribution in [1.82, 2.24) is 14.6 Å². The van der Waals surface area contributed by atoms with E-state index in [1.54, 1.807) is 12.1 Å². The fraction of sp³-hybridized carbons (Fsp3) is 0. The molecule has 0 saturated carbocycles. The van der Waals surface area contributed by atoms with Crippen LogP contribution in [0.25, 0.3) is 5.65 Å². The quantitative estimate of drug-likeness (QED) is 0.641. The lowest BCUT2D eigenvalue weighted by molar-refractivity contribution is 0.0687. The number of carboxylic acids is 1. The Morgan fingerprint density at radius 3 is 3.00 bits per heavy atom. The van der Waals surface area contributed by atoms with Gasteiger partial charge < -0.3 is 10.8 Å². The summed E-state index contributed by atoms with van der Waals surface area (Å²) >= 11 is 0. The van der Waals surface area contributed by atoms with E-state index in [1.165, 1.54) is 10.6 Å². The van der Waals surface area contributed by atoms with Gasteiger partial charge in [-0.25, -0.2) is 9.31 Å². The van der Waals surface area contributed by atoms with Crippen LogP contribution < -0.4 is 5.73 Å². The van der Waals surface area contributed by atoms with Gasteiger partial charge in [0.1, 0.15) is 0 Å². The maximum Gasteiger partial charge on any atom is 0.354 e. The molecule has 0 spiro atoms. The van der Waals surface area contributed by atoms with Crippen molar-refractivity contribution in [2.75, 3.05) is 5.73 Å². The standard InChI is InChI=1S/C7H6N4O2/c8-7-9-5-3-1-2-4(6(12)13)11(5)10-7/h1-3H,(H2,8,10)(H,12,13). The van der Waals surface area contributed by atoms with Crippen LogP contribution in [-0.2, 0) is 0 Å².